The molecule has 1 fully saturated rings. The molecule has 1 aromatic rings. The number of carbonyl (C=O) groups excluding carboxylic acids is 1. The largest absolute Gasteiger partial charge is 0.336 e. The number of hydrogen-bond donors (Lipinski definition) is 1. The van der Waals surface area contributed by atoms with Gasteiger partial charge in [-0.3, -0.25) is 0 Å². The maximum absolute atomic E-state index is 11.2. The van der Waals surface area contributed by atoms with Crippen LogP contribution in [-0.2, 0) is 6.42 Å². The van der Waals surface area contributed by atoms with Crippen LogP contribution >= 0.6 is 11.3 Å². The van der Waals surface area contributed by atoms with Gasteiger partial charge in [-0.1, -0.05) is 6.07 Å². The van der Waals surface area contributed by atoms with Crippen LogP contribution in [0.25, 0.3) is 0 Å². The van der Waals surface area contributed by atoms with E-state index in [0.717, 1.165) is 26.1 Å². The van der Waals surface area contributed by atoms with Crippen LogP contribution in [0.15, 0.2) is 17.5 Å². The first-order valence-corrected chi connectivity index (χ1v) is 5.29. The van der Waals surface area contributed by atoms with E-state index >= 15 is 0 Å². The van der Waals surface area contributed by atoms with Gasteiger partial charge in [-0.25, -0.2) is 4.79 Å². The highest BCUT2D eigenvalue weighted by molar-refractivity contribution is 7.09. The molecule has 1 aliphatic rings. The molecular formula is C9H12N2OS. The van der Waals surface area contributed by atoms with Crippen molar-refractivity contribution in [1.29, 1.82) is 0 Å². The monoisotopic (exact) mass is 196 g/mol. The Morgan fingerprint density at radius 1 is 1.62 bits per heavy atom. The van der Waals surface area contributed by atoms with Gasteiger partial charge in [-0.05, 0) is 17.9 Å². The molecule has 0 aliphatic carbocycles. The number of rotatable bonds is 3. The first kappa shape index (κ1) is 8.56. The van der Waals surface area contributed by atoms with Gasteiger partial charge in [0.15, 0.2) is 0 Å². The Labute approximate surface area is 81.4 Å². The maximum Gasteiger partial charge on any atom is 0.317 e. The van der Waals surface area contributed by atoms with E-state index < -0.39 is 0 Å². The average molecular weight is 196 g/mol. The van der Waals surface area contributed by atoms with E-state index in [1.165, 1.54) is 4.88 Å². The number of carbonyl (C=O) groups is 1. The van der Waals surface area contributed by atoms with E-state index in [4.69, 9.17) is 0 Å². The van der Waals surface area contributed by atoms with Crippen molar-refractivity contribution in [3.05, 3.63) is 22.4 Å². The van der Waals surface area contributed by atoms with E-state index in [1.807, 2.05) is 11.0 Å². The Kier molecular flexibility index (Phi) is 2.49. The number of nitrogens with one attached hydrogen (secondary N) is 1. The standard InChI is InChI=1S/C9H12N2OS/c12-9-10-4-6-11(9)5-3-8-2-1-7-13-8/h1-2,7H,3-6H2,(H,10,12). The highest BCUT2D eigenvalue weighted by atomic mass is 32.1. The summed E-state index contributed by atoms with van der Waals surface area (Å²) in [5.41, 5.74) is 0. The van der Waals surface area contributed by atoms with Crippen LogP contribution in [0.1, 0.15) is 4.88 Å². The summed E-state index contributed by atoms with van der Waals surface area (Å²) in [7, 11) is 0. The van der Waals surface area contributed by atoms with Gasteiger partial charge in [-0.2, -0.15) is 0 Å². The second-order valence-corrected chi connectivity index (χ2v) is 4.08. The lowest BCUT2D eigenvalue weighted by molar-refractivity contribution is 0.218. The van der Waals surface area contributed by atoms with Crippen LogP contribution in [0.3, 0.4) is 0 Å². The van der Waals surface area contributed by atoms with Crippen LogP contribution in [0.4, 0.5) is 4.79 Å². The third-order valence-corrected chi connectivity index (χ3v) is 3.09. The minimum absolute atomic E-state index is 0.0801. The Morgan fingerprint density at radius 2 is 2.54 bits per heavy atom. The Hall–Kier alpha value is -1.03. The van der Waals surface area contributed by atoms with Gasteiger partial charge in [0.1, 0.15) is 0 Å². The lowest BCUT2D eigenvalue weighted by Gasteiger charge is -2.12. The molecule has 1 aliphatic heterocycles. The molecule has 4 heteroatoms. The smallest absolute Gasteiger partial charge is 0.317 e. The summed E-state index contributed by atoms with van der Waals surface area (Å²) in [6.45, 7) is 2.49. The number of amides is 2. The van der Waals surface area contributed by atoms with Crippen molar-refractivity contribution in [2.75, 3.05) is 19.6 Å². The summed E-state index contributed by atoms with van der Waals surface area (Å²) in [5, 5.41) is 4.86. The number of thiophene rings is 1. The van der Waals surface area contributed by atoms with Crippen molar-refractivity contribution < 1.29 is 4.79 Å². The molecule has 1 aromatic heterocycles. The van der Waals surface area contributed by atoms with Gasteiger partial charge in [0, 0.05) is 24.5 Å². The number of nitrogens with zero attached hydrogens (tertiary/aromatic N) is 1. The Balaban J connectivity index is 1.82. The molecule has 70 valence electrons. The summed E-state index contributed by atoms with van der Waals surface area (Å²) in [6, 6.07) is 4.24. The fraction of sp³-hybridized carbons (Fsp3) is 0.444. The lowest BCUT2D eigenvalue weighted by atomic mass is 10.3. The molecule has 13 heavy (non-hydrogen) atoms. The van der Waals surface area contributed by atoms with E-state index in [2.05, 4.69) is 16.8 Å². The predicted octanol–water partition coefficient (Wildman–Crippen LogP) is 1.32. The summed E-state index contributed by atoms with van der Waals surface area (Å²) in [6.07, 6.45) is 0.977. The highest BCUT2D eigenvalue weighted by Gasteiger charge is 2.18. The fourth-order valence-electron chi connectivity index (χ4n) is 1.42. The van der Waals surface area contributed by atoms with E-state index in [9.17, 15) is 4.79 Å². The molecule has 0 atom stereocenters. The van der Waals surface area contributed by atoms with Crippen LogP contribution in [0, 0.1) is 0 Å². The first-order chi connectivity index (χ1) is 6.36. The Bertz CT molecular complexity index is 284. The number of urea groups is 1. The number of hydrogen-bond acceptors (Lipinski definition) is 2. The summed E-state index contributed by atoms with van der Waals surface area (Å²) in [5.74, 6) is 0. The van der Waals surface area contributed by atoms with Gasteiger partial charge in [0.2, 0.25) is 0 Å². The van der Waals surface area contributed by atoms with Crippen molar-refractivity contribution in [3.63, 3.8) is 0 Å². The van der Waals surface area contributed by atoms with E-state index in [0.29, 0.717) is 0 Å². The van der Waals surface area contributed by atoms with Crippen molar-refractivity contribution in [3.8, 4) is 0 Å². The molecule has 3 nitrogen and oxygen atoms in total. The van der Waals surface area contributed by atoms with E-state index in [-0.39, 0.29) is 6.03 Å². The predicted molar refractivity (Wildman–Crippen MR) is 53.0 cm³/mol. The molecule has 0 spiro atoms. The topological polar surface area (TPSA) is 32.3 Å². The zero-order chi connectivity index (χ0) is 9.10. The minimum atomic E-state index is 0.0801. The lowest BCUT2D eigenvalue weighted by Crippen LogP contribution is -2.29. The van der Waals surface area contributed by atoms with Crippen molar-refractivity contribution in [2.45, 2.75) is 6.42 Å². The molecule has 1 N–H and O–H groups in total. The summed E-state index contributed by atoms with van der Waals surface area (Å²) >= 11 is 1.75. The normalized spacial score (nSPS) is 16.3. The molecule has 0 aromatic carbocycles. The van der Waals surface area contributed by atoms with Crippen molar-refractivity contribution >= 4 is 17.4 Å². The van der Waals surface area contributed by atoms with Crippen LogP contribution in [0.2, 0.25) is 0 Å². The van der Waals surface area contributed by atoms with Gasteiger partial charge in [0.25, 0.3) is 0 Å². The van der Waals surface area contributed by atoms with Crippen molar-refractivity contribution in [2.24, 2.45) is 0 Å². The minimum Gasteiger partial charge on any atom is -0.336 e. The van der Waals surface area contributed by atoms with Crippen LogP contribution in [0.5, 0.6) is 0 Å². The molecule has 2 amide bonds. The quantitative estimate of drug-likeness (QED) is 0.777. The van der Waals surface area contributed by atoms with Crippen LogP contribution in [-0.4, -0.2) is 30.6 Å². The van der Waals surface area contributed by atoms with Gasteiger partial charge < -0.3 is 10.2 Å². The first-order valence-electron chi connectivity index (χ1n) is 4.41. The molecule has 0 bridgehead atoms. The van der Waals surface area contributed by atoms with Gasteiger partial charge >= 0.3 is 6.03 Å². The van der Waals surface area contributed by atoms with Crippen LogP contribution < -0.4 is 5.32 Å². The zero-order valence-corrected chi connectivity index (χ0v) is 8.14. The SMILES string of the molecule is O=C1NCCN1CCc1cccs1. The Morgan fingerprint density at radius 3 is 3.15 bits per heavy atom. The second kappa shape index (κ2) is 3.79. The molecule has 0 radical (unpaired) electrons. The summed E-state index contributed by atoms with van der Waals surface area (Å²) in [4.78, 5) is 14.4. The van der Waals surface area contributed by atoms with Gasteiger partial charge in [-0.15, -0.1) is 11.3 Å². The highest BCUT2D eigenvalue weighted by Crippen LogP contribution is 2.10. The van der Waals surface area contributed by atoms with Crippen molar-refractivity contribution in [1.82, 2.24) is 10.2 Å². The average Bonchev–Trinajstić information content (AvgIpc) is 2.72. The molecule has 2 rings (SSSR count). The summed E-state index contributed by atoms with van der Waals surface area (Å²) < 4.78 is 0. The maximum atomic E-state index is 11.2. The molecule has 2 heterocycles. The molecule has 0 saturated carbocycles. The molecule has 0 unspecified atom stereocenters. The third kappa shape index (κ3) is 2.01. The van der Waals surface area contributed by atoms with Gasteiger partial charge in [0.05, 0.1) is 0 Å². The fourth-order valence-corrected chi connectivity index (χ4v) is 2.12. The second-order valence-electron chi connectivity index (χ2n) is 3.05. The van der Waals surface area contributed by atoms with E-state index in [1.54, 1.807) is 11.3 Å². The zero-order valence-electron chi connectivity index (χ0n) is 7.32. The molecular weight excluding hydrogens is 184 g/mol. The third-order valence-electron chi connectivity index (χ3n) is 2.15. The molecule has 1 saturated heterocycles.